The van der Waals surface area contributed by atoms with E-state index in [9.17, 15) is 29.0 Å². The zero-order valence-electron chi connectivity index (χ0n) is 26.3. The van der Waals surface area contributed by atoms with Crippen LogP contribution in [0.1, 0.15) is 16.7 Å². The number of rotatable bonds is 4. The highest BCUT2D eigenvalue weighted by Gasteiger charge is 2.24. The van der Waals surface area contributed by atoms with Crippen LogP contribution in [0.15, 0.2) is 115 Å². The molecule has 2 heterocycles. The van der Waals surface area contributed by atoms with Crippen molar-refractivity contribution in [3.63, 3.8) is 0 Å². The van der Waals surface area contributed by atoms with Crippen LogP contribution in [-0.2, 0) is 0 Å². The van der Waals surface area contributed by atoms with E-state index in [1.165, 1.54) is 0 Å². The Morgan fingerprint density at radius 1 is 0.471 bits per heavy atom. The van der Waals surface area contributed by atoms with Crippen molar-refractivity contribution in [3.8, 4) is 63.1 Å². The molecule has 0 fully saturated rings. The molecule has 9 heteroatoms. The largest absolute Gasteiger partial charge is 0.247 e. The summed E-state index contributed by atoms with van der Waals surface area (Å²) >= 11 is 0. The Hall–Kier alpha value is -7.41. The molecular weight excluding hydrogens is 645 g/mol. The first kappa shape index (κ1) is 30.9. The maximum Gasteiger partial charge on any atom is 0.194 e. The number of hydrogen-bond acceptors (Lipinski definition) is 6. The summed E-state index contributed by atoms with van der Waals surface area (Å²) in [5.41, 5.74) is 6.17. The number of para-hydroxylation sites is 1. The van der Waals surface area contributed by atoms with E-state index in [-0.39, 0.29) is 5.56 Å². The normalized spacial score (nSPS) is 11.0. The fourth-order valence-corrected chi connectivity index (χ4v) is 6.41. The molecule has 51 heavy (non-hydrogen) atoms. The van der Waals surface area contributed by atoms with Crippen LogP contribution < -0.4 is 0 Å². The van der Waals surface area contributed by atoms with E-state index < -0.39 is 17.5 Å². The van der Waals surface area contributed by atoms with Gasteiger partial charge >= 0.3 is 0 Å². The van der Waals surface area contributed by atoms with Crippen LogP contribution in [-0.4, -0.2) is 15.0 Å². The SMILES string of the molecule is N#Cc1ccc(-c2nc3cc(C#N)c4c5ccccc5nc(-c5ccccc5-c5cc(F)c(F)c(F)c5)c4c3nc2-c2ccc(C#N)cc2)cc1. The molecule has 0 unspecified atom stereocenters. The predicted molar refractivity (Wildman–Crippen MR) is 188 cm³/mol. The lowest BCUT2D eigenvalue weighted by atomic mass is 9.91. The number of benzene rings is 6. The van der Waals surface area contributed by atoms with Crippen molar-refractivity contribution >= 4 is 32.7 Å². The Bertz CT molecular complexity index is 2840. The van der Waals surface area contributed by atoms with Gasteiger partial charge in [-0.1, -0.05) is 66.7 Å². The molecule has 2 aromatic heterocycles. The van der Waals surface area contributed by atoms with Gasteiger partial charge in [0, 0.05) is 32.8 Å². The summed E-state index contributed by atoms with van der Waals surface area (Å²) in [7, 11) is 0. The Kier molecular flexibility index (Phi) is 7.41. The molecular formula is C42H19F3N6. The molecule has 0 N–H and O–H groups in total. The van der Waals surface area contributed by atoms with Crippen LogP contribution in [0.3, 0.4) is 0 Å². The smallest absolute Gasteiger partial charge is 0.194 e. The molecule has 0 atom stereocenters. The van der Waals surface area contributed by atoms with Gasteiger partial charge in [0.2, 0.25) is 0 Å². The number of halogens is 3. The third-order valence-electron chi connectivity index (χ3n) is 8.77. The number of nitrogens with zero attached hydrogens (tertiary/aromatic N) is 6. The van der Waals surface area contributed by atoms with E-state index in [1.807, 2.05) is 24.3 Å². The maximum atomic E-state index is 14.6. The van der Waals surface area contributed by atoms with E-state index in [2.05, 4.69) is 18.2 Å². The lowest BCUT2D eigenvalue weighted by molar-refractivity contribution is 0.448. The van der Waals surface area contributed by atoms with Crippen LogP contribution in [0.4, 0.5) is 13.2 Å². The van der Waals surface area contributed by atoms with Gasteiger partial charge in [-0.3, -0.25) is 0 Å². The van der Waals surface area contributed by atoms with E-state index in [4.69, 9.17) is 15.0 Å². The zero-order valence-corrected chi connectivity index (χ0v) is 26.3. The van der Waals surface area contributed by atoms with Gasteiger partial charge in [-0.05, 0) is 59.7 Å². The lowest BCUT2D eigenvalue weighted by Gasteiger charge is -2.18. The van der Waals surface area contributed by atoms with E-state index >= 15 is 0 Å². The van der Waals surface area contributed by atoms with Crippen molar-refractivity contribution in [3.05, 3.63) is 149 Å². The van der Waals surface area contributed by atoms with Crippen molar-refractivity contribution in [2.75, 3.05) is 0 Å². The summed E-state index contributed by atoms with van der Waals surface area (Å²) in [5.74, 6) is -4.23. The van der Waals surface area contributed by atoms with Gasteiger partial charge in [-0.2, -0.15) is 15.8 Å². The van der Waals surface area contributed by atoms with Crippen molar-refractivity contribution in [2.45, 2.75) is 0 Å². The van der Waals surface area contributed by atoms with Gasteiger partial charge in [0.25, 0.3) is 0 Å². The Balaban J connectivity index is 1.54. The van der Waals surface area contributed by atoms with Crippen molar-refractivity contribution in [1.82, 2.24) is 15.0 Å². The average Bonchev–Trinajstić information content (AvgIpc) is 3.18. The quantitative estimate of drug-likeness (QED) is 0.137. The molecule has 0 aliphatic carbocycles. The highest BCUT2D eigenvalue weighted by molar-refractivity contribution is 6.22. The van der Waals surface area contributed by atoms with Crippen LogP contribution in [0, 0.1) is 51.4 Å². The number of nitriles is 3. The molecule has 0 saturated carbocycles. The molecule has 0 amide bonds. The molecule has 0 aliphatic rings. The first-order chi connectivity index (χ1) is 24.9. The third kappa shape index (κ3) is 5.16. The number of hydrogen-bond donors (Lipinski definition) is 0. The summed E-state index contributed by atoms with van der Waals surface area (Å²) in [5, 5.41) is 31.2. The molecule has 0 radical (unpaired) electrons. The first-order valence-electron chi connectivity index (χ1n) is 15.6. The van der Waals surface area contributed by atoms with Gasteiger partial charge < -0.3 is 0 Å². The summed E-state index contributed by atoms with van der Waals surface area (Å²) in [6.45, 7) is 0. The molecule has 238 valence electrons. The number of aromatic nitrogens is 3. The third-order valence-corrected chi connectivity index (χ3v) is 8.77. The molecule has 0 spiro atoms. The topological polar surface area (TPSA) is 110 Å². The maximum absolute atomic E-state index is 14.6. The van der Waals surface area contributed by atoms with Crippen LogP contribution in [0.5, 0.6) is 0 Å². The highest BCUT2D eigenvalue weighted by Crippen LogP contribution is 2.43. The summed E-state index contributed by atoms with van der Waals surface area (Å²) in [6.07, 6.45) is 0. The predicted octanol–water partition coefficient (Wildman–Crippen LogP) is 10.0. The summed E-state index contributed by atoms with van der Waals surface area (Å²) in [4.78, 5) is 15.4. The molecule has 0 aliphatic heterocycles. The molecule has 6 nitrogen and oxygen atoms in total. The molecule has 6 aromatic carbocycles. The van der Waals surface area contributed by atoms with Crippen LogP contribution in [0.2, 0.25) is 0 Å². The Morgan fingerprint density at radius 2 is 1.02 bits per heavy atom. The van der Waals surface area contributed by atoms with Gasteiger partial charge in [0.15, 0.2) is 17.5 Å². The van der Waals surface area contributed by atoms with Crippen LogP contribution >= 0.6 is 0 Å². The van der Waals surface area contributed by atoms with Gasteiger partial charge in [-0.25, -0.2) is 28.1 Å². The number of fused-ring (bicyclic) bond motifs is 5. The number of pyridine rings is 1. The fourth-order valence-electron chi connectivity index (χ4n) is 6.41. The van der Waals surface area contributed by atoms with Gasteiger partial charge in [0.05, 0.1) is 68.5 Å². The Labute approximate surface area is 288 Å². The van der Waals surface area contributed by atoms with Gasteiger partial charge in [0.1, 0.15) is 0 Å². The second kappa shape index (κ2) is 12.2. The Morgan fingerprint density at radius 3 is 1.63 bits per heavy atom. The summed E-state index contributed by atoms with van der Waals surface area (Å²) < 4.78 is 43.2. The van der Waals surface area contributed by atoms with E-state index in [1.54, 1.807) is 78.9 Å². The first-order valence-corrected chi connectivity index (χ1v) is 15.6. The van der Waals surface area contributed by atoms with Gasteiger partial charge in [-0.15, -0.1) is 0 Å². The zero-order chi connectivity index (χ0) is 35.2. The van der Waals surface area contributed by atoms with Crippen molar-refractivity contribution in [2.24, 2.45) is 0 Å². The summed E-state index contributed by atoms with van der Waals surface area (Å²) in [6, 6.07) is 38.1. The van der Waals surface area contributed by atoms with E-state index in [0.717, 1.165) is 12.1 Å². The van der Waals surface area contributed by atoms with Crippen LogP contribution in [0.25, 0.3) is 77.6 Å². The van der Waals surface area contributed by atoms with Crippen molar-refractivity contribution in [1.29, 1.82) is 15.8 Å². The highest BCUT2D eigenvalue weighted by atomic mass is 19.2. The molecule has 0 saturated heterocycles. The van der Waals surface area contributed by atoms with E-state index in [0.29, 0.717) is 88.7 Å². The fraction of sp³-hybridized carbons (Fsp3) is 0. The second-order valence-electron chi connectivity index (χ2n) is 11.7. The minimum Gasteiger partial charge on any atom is -0.247 e. The average molecular weight is 665 g/mol. The molecule has 8 rings (SSSR count). The molecule has 0 bridgehead atoms. The minimum absolute atomic E-state index is 0.0957. The standard InChI is InChI=1S/C42H19F3N6/c43-32-17-27(18-33(44)38(32)45)29-5-1-2-6-30(29)41-37-36(31-7-3-4-8-34(31)49-41)28(22-48)19-35-42(37)51-40(26-15-11-24(21-47)12-16-26)39(50-35)25-13-9-23(20-46)10-14-25/h1-19H. The lowest BCUT2D eigenvalue weighted by Crippen LogP contribution is -2.01. The monoisotopic (exact) mass is 664 g/mol. The molecule has 8 aromatic rings. The minimum atomic E-state index is -1.57. The second-order valence-corrected chi connectivity index (χ2v) is 11.7. The van der Waals surface area contributed by atoms with Crippen molar-refractivity contribution < 1.29 is 13.2 Å².